The number of carbonyl (C=O) groups is 1. The van der Waals surface area contributed by atoms with Crippen LogP contribution in [0.25, 0.3) is 16.6 Å². The van der Waals surface area contributed by atoms with Crippen molar-refractivity contribution in [2.45, 2.75) is 6.92 Å². The summed E-state index contributed by atoms with van der Waals surface area (Å²) in [6, 6.07) is 13.3. The Hall–Kier alpha value is -2.62. The first kappa shape index (κ1) is 11.5. The normalized spacial score (nSPS) is 10.8. The summed E-state index contributed by atoms with van der Waals surface area (Å²) < 4.78 is 1.75. The van der Waals surface area contributed by atoms with Crippen LogP contribution in [0.5, 0.6) is 0 Å². The van der Waals surface area contributed by atoms with E-state index in [4.69, 9.17) is 5.73 Å². The van der Waals surface area contributed by atoms with Crippen LogP contribution < -0.4 is 5.73 Å². The zero-order valence-corrected chi connectivity index (χ0v) is 10.5. The van der Waals surface area contributed by atoms with Crippen molar-refractivity contribution in [1.29, 1.82) is 0 Å². The molecule has 0 radical (unpaired) electrons. The van der Waals surface area contributed by atoms with E-state index in [2.05, 4.69) is 5.10 Å². The van der Waals surface area contributed by atoms with Crippen LogP contribution in [0.1, 0.15) is 15.9 Å². The van der Waals surface area contributed by atoms with Crippen LogP contribution in [-0.2, 0) is 0 Å². The average molecular weight is 251 g/mol. The van der Waals surface area contributed by atoms with E-state index in [0.717, 1.165) is 16.5 Å². The van der Waals surface area contributed by atoms with Crippen molar-refractivity contribution in [3.63, 3.8) is 0 Å². The van der Waals surface area contributed by atoms with E-state index >= 15 is 0 Å². The van der Waals surface area contributed by atoms with E-state index in [1.807, 2.05) is 37.3 Å². The number of carbonyl (C=O) groups excluding carboxylic acids is 1. The SMILES string of the molecule is Cc1ccc2cnn(-c3ccccc3C(N)=O)c2c1. The molecule has 3 rings (SSSR count). The summed E-state index contributed by atoms with van der Waals surface area (Å²) in [4.78, 5) is 11.5. The summed E-state index contributed by atoms with van der Waals surface area (Å²) in [6.45, 7) is 2.02. The van der Waals surface area contributed by atoms with E-state index in [1.54, 1.807) is 23.0 Å². The first-order valence-electron chi connectivity index (χ1n) is 6.00. The summed E-state index contributed by atoms with van der Waals surface area (Å²) in [5, 5.41) is 5.39. The number of rotatable bonds is 2. The number of nitrogens with zero attached hydrogens (tertiary/aromatic N) is 2. The highest BCUT2D eigenvalue weighted by atomic mass is 16.1. The summed E-state index contributed by atoms with van der Waals surface area (Å²) in [5.41, 5.74) is 8.70. The first-order valence-corrected chi connectivity index (χ1v) is 6.00. The Balaban J connectivity index is 2.31. The van der Waals surface area contributed by atoms with Crippen molar-refractivity contribution in [2.24, 2.45) is 5.73 Å². The third-order valence-corrected chi connectivity index (χ3v) is 3.12. The fraction of sp³-hybridized carbons (Fsp3) is 0.0667. The number of benzene rings is 2. The Labute approximate surface area is 110 Å². The summed E-state index contributed by atoms with van der Waals surface area (Å²) in [7, 11) is 0. The number of primary amides is 1. The Bertz CT molecular complexity index is 774. The van der Waals surface area contributed by atoms with Gasteiger partial charge in [0.15, 0.2) is 0 Å². The van der Waals surface area contributed by atoms with Gasteiger partial charge in [0.1, 0.15) is 0 Å². The van der Waals surface area contributed by atoms with Gasteiger partial charge in [-0.05, 0) is 30.7 Å². The Morgan fingerprint density at radius 3 is 2.79 bits per heavy atom. The van der Waals surface area contributed by atoms with Crippen molar-refractivity contribution in [1.82, 2.24) is 9.78 Å². The predicted molar refractivity (Wildman–Crippen MR) is 74.3 cm³/mol. The Kier molecular flexibility index (Phi) is 2.56. The maximum absolute atomic E-state index is 11.5. The van der Waals surface area contributed by atoms with Gasteiger partial charge in [-0.25, -0.2) is 4.68 Å². The number of aromatic nitrogens is 2. The molecule has 2 aromatic carbocycles. The molecule has 0 bridgehead atoms. The molecule has 0 saturated heterocycles. The molecule has 0 aliphatic rings. The molecule has 1 aromatic heterocycles. The number of para-hydroxylation sites is 1. The lowest BCUT2D eigenvalue weighted by Gasteiger charge is -2.08. The molecule has 1 amide bonds. The molecule has 0 spiro atoms. The molecule has 94 valence electrons. The number of nitrogens with two attached hydrogens (primary N) is 1. The summed E-state index contributed by atoms with van der Waals surface area (Å²) in [5.74, 6) is -0.452. The van der Waals surface area contributed by atoms with Crippen molar-refractivity contribution in [3.8, 4) is 5.69 Å². The van der Waals surface area contributed by atoms with Crippen LogP contribution in [0.4, 0.5) is 0 Å². The van der Waals surface area contributed by atoms with Gasteiger partial charge in [-0.2, -0.15) is 5.10 Å². The van der Waals surface area contributed by atoms with Crippen LogP contribution in [0.2, 0.25) is 0 Å². The zero-order chi connectivity index (χ0) is 13.4. The van der Waals surface area contributed by atoms with Crippen LogP contribution in [0, 0.1) is 6.92 Å². The fourth-order valence-electron chi connectivity index (χ4n) is 2.19. The molecule has 0 aliphatic heterocycles. The van der Waals surface area contributed by atoms with Gasteiger partial charge in [-0.3, -0.25) is 4.79 Å². The zero-order valence-electron chi connectivity index (χ0n) is 10.5. The minimum atomic E-state index is -0.452. The van der Waals surface area contributed by atoms with Gasteiger partial charge in [-0.1, -0.05) is 24.3 Å². The molecule has 2 N–H and O–H groups in total. The molecule has 0 atom stereocenters. The monoisotopic (exact) mass is 251 g/mol. The number of aryl methyl sites for hydroxylation is 1. The molecular weight excluding hydrogens is 238 g/mol. The van der Waals surface area contributed by atoms with E-state index < -0.39 is 5.91 Å². The second-order valence-electron chi connectivity index (χ2n) is 4.50. The molecule has 0 saturated carbocycles. The van der Waals surface area contributed by atoms with E-state index in [-0.39, 0.29) is 0 Å². The smallest absolute Gasteiger partial charge is 0.250 e. The highest BCUT2D eigenvalue weighted by Gasteiger charge is 2.12. The lowest BCUT2D eigenvalue weighted by atomic mass is 10.1. The molecule has 0 unspecified atom stereocenters. The van der Waals surface area contributed by atoms with Crippen molar-refractivity contribution >= 4 is 16.8 Å². The van der Waals surface area contributed by atoms with Crippen LogP contribution in [0.3, 0.4) is 0 Å². The standard InChI is InChI=1S/C15H13N3O/c1-10-6-7-11-9-17-18(14(11)8-10)13-5-3-2-4-12(13)15(16)19/h2-9H,1H3,(H2,16,19). The van der Waals surface area contributed by atoms with Crippen molar-refractivity contribution < 1.29 is 4.79 Å². The van der Waals surface area contributed by atoms with Crippen LogP contribution >= 0.6 is 0 Å². The van der Waals surface area contributed by atoms with E-state index in [9.17, 15) is 4.79 Å². The fourth-order valence-corrected chi connectivity index (χ4v) is 2.19. The van der Waals surface area contributed by atoms with Gasteiger partial charge in [0.25, 0.3) is 5.91 Å². The van der Waals surface area contributed by atoms with Gasteiger partial charge in [0.2, 0.25) is 0 Å². The minimum absolute atomic E-state index is 0.452. The van der Waals surface area contributed by atoms with Gasteiger partial charge in [0.05, 0.1) is 23.0 Å². The maximum atomic E-state index is 11.5. The van der Waals surface area contributed by atoms with Gasteiger partial charge in [-0.15, -0.1) is 0 Å². The quantitative estimate of drug-likeness (QED) is 0.760. The average Bonchev–Trinajstić information content (AvgIpc) is 2.81. The molecule has 1 heterocycles. The first-order chi connectivity index (χ1) is 9.16. The van der Waals surface area contributed by atoms with Crippen LogP contribution in [0.15, 0.2) is 48.7 Å². The number of hydrogen-bond acceptors (Lipinski definition) is 2. The Morgan fingerprint density at radius 2 is 2.00 bits per heavy atom. The van der Waals surface area contributed by atoms with E-state index in [0.29, 0.717) is 11.3 Å². The highest BCUT2D eigenvalue weighted by Crippen LogP contribution is 2.21. The minimum Gasteiger partial charge on any atom is -0.366 e. The molecule has 19 heavy (non-hydrogen) atoms. The largest absolute Gasteiger partial charge is 0.366 e. The number of fused-ring (bicyclic) bond motifs is 1. The third-order valence-electron chi connectivity index (χ3n) is 3.12. The molecular formula is C15H13N3O. The lowest BCUT2D eigenvalue weighted by Crippen LogP contribution is -2.14. The second kappa shape index (κ2) is 4.24. The highest BCUT2D eigenvalue weighted by molar-refractivity contribution is 5.97. The van der Waals surface area contributed by atoms with Gasteiger partial charge >= 0.3 is 0 Å². The lowest BCUT2D eigenvalue weighted by molar-refractivity contribution is 0.1000. The second-order valence-corrected chi connectivity index (χ2v) is 4.50. The number of amides is 1. The van der Waals surface area contributed by atoms with Crippen molar-refractivity contribution in [2.75, 3.05) is 0 Å². The summed E-state index contributed by atoms with van der Waals surface area (Å²) >= 11 is 0. The summed E-state index contributed by atoms with van der Waals surface area (Å²) in [6.07, 6.45) is 1.78. The van der Waals surface area contributed by atoms with Crippen molar-refractivity contribution in [3.05, 3.63) is 59.8 Å². The molecule has 4 nitrogen and oxygen atoms in total. The van der Waals surface area contributed by atoms with E-state index in [1.165, 1.54) is 0 Å². The molecule has 0 aliphatic carbocycles. The third kappa shape index (κ3) is 1.87. The predicted octanol–water partition coefficient (Wildman–Crippen LogP) is 2.43. The Morgan fingerprint density at radius 1 is 1.21 bits per heavy atom. The van der Waals surface area contributed by atoms with Gasteiger partial charge in [0, 0.05) is 5.39 Å². The maximum Gasteiger partial charge on any atom is 0.250 e. The van der Waals surface area contributed by atoms with Crippen LogP contribution in [-0.4, -0.2) is 15.7 Å². The molecule has 0 fully saturated rings. The number of hydrogen-bond donors (Lipinski definition) is 1. The van der Waals surface area contributed by atoms with Gasteiger partial charge < -0.3 is 5.73 Å². The topological polar surface area (TPSA) is 60.9 Å². The molecule has 4 heteroatoms. The molecule has 3 aromatic rings.